The summed E-state index contributed by atoms with van der Waals surface area (Å²) in [5, 5.41) is 2.66. The van der Waals surface area contributed by atoms with Gasteiger partial charge in [0.1, 0.15) is 5.75 Å². The summed E-state index contributed by atoms with van der Waals surface area (Å²) in [6.45, 7) is 1.27. The Morgan fingerprint density at radius 3 is 2.73 bits per heavy atom. The van der Waals surface area contributed by atoms with Gasteiger partial charge in [0.2, 0.25) is 0 Å². The molecule has 0 aromatic heterocycles. The number of ether oxygens (including phenoxy) is 1. The van der Waals surface area contributed by atoms with Crippen molar-refractivity contribution < 1.29 is 9.53 Å². The third-order valence-corrected chi connectivity index (χ3v) is 4.22. The molecule has 2 aromatic carbocycles. The van der Waals surface area contributed by atoms with Gasteiger partial charge in [-0.15, -0.1) is 0 Å². The number of nitrogens with one attached hydrogen (secondary N) is 1. The number of hydrogen-bond donors (Lipinski definition) is 1. The van der Waals surface area contributed by atoms with Crippen LogP contribution in [-0.4, -0.2) is 25.6 Å². The summed E-state index contributed by atoms with van der Waals surface area (Å²) in [6, 6.07) is 16.0. The number of benzene rings is 2. The van der Waals surface area contributed by atoms with E-state index in [1.54, 1.807) is 7.05 Å². The molecule has 5 heteroatoms. The molecule has 114 valence electrons. The molecular weight excluding hydrogens is 344 g/mol. The number of carbonyl (C=O) groups excluding carboxylic acids is 1. The molecule has 1 N–H and O–H groups in total. The van der Waals surface area contributed by atoms with Crippen LogP contribution in [0.25, 0.3) is 0 Å². The average molecular weight is 361 g/mol. The fourth-order valence-corrected chi connectivity index (χ4v) is 2.83. The maximum Gasteiger partial charge on any atom is 0.262 e. The average Bonchev–Trinajstić information content (AvgIpc) is 2.56. The lowest BCUT2D eigenvalue weighted by molar-refractivity contribution is -0.127. The summed E-state index contributed by atoms with van der Waals surface area (Å²) in [7, 11) is 1.63. The second-order valence-electron chi connectivity index (χ2n) is 5.20. The number of carbonyl (C=O) groups is 1. The van der Waals surface area contributed by atoms with Crippen LogP contribution in [0.15, 0.2) is 53.0 Å². The molecule has 0 aliphatic carbocycles. The second kappa shape index (κ2) is 6.40. The van der Waals surface area contributed by atoms with Crippen molar-refractivity contribution in [2.75, 3.05) is 18.5 Å². The summed E-state index contributed by atoms with van der Waals surface area (Å²) in [5.74, 6) is 0.648. The first kappa shape index (κ1) is 14.9. The van der Waals surface area contributed by atoms with Crippen molar-refractivity contribution in [3.63, 3.8) is 0 Å². The molecule has 2 aromatic rings. The Bertz CT molecular complexity index is 673. The molecule has 1 amide bonds. The van der Waals surface area contributed by atoms with E-state index in [0.717, 1.165) is 22.5 Å². The van der Waals surface area contributed by atoms with Crippen molar-refractivity contribution in [2.24, 2.45) is 0 Å². The zero-order chi connectivity index (χ0) is 15.5. The van der Waals surface area contributed by atoms with Crippen LogP contribution in [0.4, 0.5) is 5.69 Å². The number of likely N-dealkylation sites (N-methyl/N-ethyl adjacent to an activating group) is 1. The molecule has 0 radical (unpaired) electrons. The summed E-state index contributed by atoms with van der Waals surface area (Å²) in [6.07, 6.45) is -0.490. The summed E-state index contributed by atoms with van der Waals surface area (Å²) >= 11 is 3.45. The minimum Gasteiger partial charge on any atom is -0.477 e. The fraction of sp³-hybridized carbons (Fsp3) is 0.235. The van der Waals surface area contributed by atoms with Crippen molar-refractivity contribution in [3.8, 4) is 5.75 Å². The molecule has 3 rings (SSSR count). The number of anilines is 1. The van der Waals surface area contributed by atoms with E-state index in [9.17, 15) is 4.79 Å². The molecule has 0 saturated heterocycles. The highest BCUT2D eigenvalue weighted by Gasteiger charge is 2.29. The van der Waals surface area contributed by atoms with E-state index in [0.29, 0.717) is 6.54 Å². The summed E-state index contributed by atoms with van der Waals surface area (Å²) in [5.41, 5.74) is 2.21. The highest BCUT2D eigenvalue weighted by Crippen LogP contribution is 2.34. The lowest BCUT2D eigenvalue weighted by Gasteiger charge is -2.35. The number of nitrogens with zero attached hydrogens (tertiary/aromatic N) is 1. The topological polar surface area (TPSA) is 41.6 Å². The van der Waals surface area contributed by atoms with E-state index >= 15 is 0 Å². The van der Waals surface area contributed by atoms with Crippen molar-refractivity contribution in [1.29, 1.82) is 0 Å². The molecule has 22 heavy (non-hydrogen) atoms. The normalized spacial score (nSPS) is 16.6. The van der Waals surface area contributed by atoms with Gasteiger partial charge < -0.3 is 15.0 Å². The minimum atomic E-state index is -0.490. The molecule has 4 nitrogen and oxygen atoms in total. The number of hydrogen-bond acceptors (Lipinski definition) is 3. The molecule has 0 unspecified atom stereocenters. The Morgan fingerprint density at radius 1 is 1.27 bits per heavy atom. The van der Waals surface area contributed by atoms with Gasteiger partial charge in [0.15, 0.2) is 6.10 Å². The molecule has 0 saturated carbocycles. The van der Waals surface area contributed by atoms with E-state index in [1.165, 1.54) is 5.56 Å². The van der Waals surface area contributed by atoms with Crippen LogP contribution in [-0.2, 0) is 11.3 Å². The maximum atomic E-state index is 12.0. The standard InChI is InChI=1S/C17H17BrN2O2/c1-19-17(21)16-11-20(10-12-6-8-13(18)9-7-12)14-4-2-3-5-15(14)22-16/h2-9,16H,10-11H2,1H3,(H,19,21)/t16-/m1/s1. The van der Waals surface area contributed by atoms with Gasteiger partial charge in [-0.1, -0.05) is 40.2 Å². The van der Waals surface area contributed by atoms with Gasteiger partial charge in [-0.25, -0.2) is 0 Å². The van der Waals surface area contributed by atoms with Crippen LogP contribution in [0.2, 0.25) is 0 Å². The number of halogens is 1. The van der Waals surface area contributed by atoms with Crippen LogP contribution >= 0.6 is 15.9 Å². The van der Waals surface area contributed by atoms with Crippen LogP contribution in [0.3, 0.4) is 0 Å². The first-order chi connectivity index (χ1) is 10.7. The molecule has 1 heterocycles. The smallest absolute Gasteiger partial charge is 0.262 e. The Labute approximate surface area is 138 Å². The Balaban J connectivity index is 1.88. The quantitative estimate of drug-likeness (QED) is 0.914. The number of amides is 1. The van der Waals surface area contributed by atoms with Crippen molar-refractivity contribution in [2.45, 2.75) is 12.6 Å². The number of fused-ring (bicyclic) bond motifs is 1. The monoisotopic (exact) mass is 360 g/mol. The van der Waals surface area contributed by atoms with E-state index < -0.39 is 6.10 Å². The van der Waals surface area contributed by atoms with Gasteiger partial charge in [0.05, 0.1) is 12.2 Å². The van der Waals surface area contributed by atoms with Crippen LogP contribution in [0.1, 0.15) is 5.56 Å². The molecule has 1 atom stereocenters. The van der Waals surface area contributed by atoms with E-state index in [4.69, 9.17) is 4.74 Å². The highest BCUT2D eigenvalue weighted by atomic mass is 79.9. The van der Waals surface area contributed by atoms with Gasteiger partial charge in [-0.2, -0.15) is 0 Å². The Kier molecular flexibility index (Phi) is 4.34. The predicted molar refractivity (Wildman–Crippen MR) is 90.1 cm³/mol. The Morgan fingerprint density at radius 2 is 2.00 bits per heavy atom. The third kappa shape index (κ3) is 3.09. The first-order valence-corrected chi connectivity index (χ1v) is 7.93. The molecule has 0 bridgehead atoms. The molecule has 0 fully saturated rings. The highest BCUT2D eigenvalue weighted by molar-refractivity contribution is 9.10. The molecule has 1 aliphatic heterocycles. The maximum absolute atomic E-state index is 12.0. The van der Waals surface area contributed by atoms with Gasteiger partial charge in [-0.3, -0.25) is 4.79 Å². The zero-order valence-electron chi connectivity index (χ0n) is 12.3. The SMILES string of the molecule is CNC(=O)[C@H]1CN(Cc2ccc(Br)cc2)c2ccccc2O1. The van der Waals surface area contributed by atoms with E-state index in [2.05, 4.69) is 38.3 Å². The molecule has 1 aliphatic rings. The van der Waals surface area contributed by atoms with Crippen LogP contribution in [0.5, 0.6) is 5.75 Å². The number of para-hydroxylation sites is 2. The largest absolute Gasteiger partial charge is 0.477 e. The van der Waals surface area contributed by atoms with Crippen molar-refractivity contribution in [3.05, 3.63) is 58.6 Å². The Hall–Kier alpha value is -2.01. The molecular formula is C17H17BrN2O2. The van der Waals surface area contributed by atoms with Crippen molar-refractivity contribution in [1.82, 2.24) is 5.32 Å². The predicted octanol–water partition coefficient (Wildman–Crippen LogP) is 2.96. The van der Waals surface area contributed by atoms with E-state index in [-0.39, 0.29) is 5.91 Å². The lowest BCUT2D eigenvalue weighted by Crippen LogP contribution is -2.47. The first-order valence-electron chi connectivity index (χ1n) is 7.14. The van der Waals surface area contributed by atoms with Crippen molar-refractivity contribution >= 4 is 27.5 Å². The minimum absolute atomic E-state index is 0.102. The fourth-order valence-electron chi connectivity index (χ4n) is 2.56. The van der Waals surface area contributed by atoms with Crippen LogP contribution < -0.4 is 15.0 Å². The van der Waals surface area contributed by atoms with E-state index in [1.807, 2.05) is 36.4 Å². The third-order valence-electron chi connectivity index (χ3n) is 3.69. The molecule has 0 spiro atoms. The van der Waals surface area contributed by atoms with Crippen LogP contribution in [0, 0.1) is 0 Å². The summed E-state index contributed by atoms with van der Waals surface area (Å²) in [4.78, 5) is 14.1. The number of rotatable bonds is 3. The van der Waals surface area contributed by atoms with Gasteiger partial charge in [-0.05, 0) is 29.8 Å². The van der Waals surface area contributed by atoms with Gasteiger partial charge in [0.25, 0.3) is 5.91 Å². The second-order valence-corrected chi connectivity index (χ2v) is 6.11. The summed E-state index contributed by atoms with van der Waals surface area (Å²) < 4.78 is 6.87. The van der Waals surface area contributed by atoms with Gasteiger partial charge >= 0.3 is 0 Å². The van der Waals surface area contributed by atoms with Gasteiger partial charge in [0, 0.05) is 18.1 Å². The zero-order valence-corrected chi connectivity index (χ0v) is 13.8. The lowest BCUT2D eigenvalue weighted by atomic mass is 10.1.